The smallest absolute Gasteiger partial charge is 0.238 e. The van der Waals surface area contributed by atoms with Crippen LogP contribution in [0.15, 0.2) is 215 Å². The van der Waals surface area contributed by atoms with E-state index in [-0.39, 0.29) is 0 Å². The Bertz CT molecular complexity index is 4000. The normalized spacial score (nSPS) is 13.1. The van der Waals surface area contributed by atoms with Crippen LogP contribution in [0.4, 0.5) is 0 Å². The van der Waals surface area contributed by atoms with Gasteiger partial charge in [0.05, 0.1) is 11.0 Å². The molecule has 13 aromatic rings. The second-order valence-corrected chi connectivity index (χ2v) is 16.7. The molecule has 64 heavy (non-hydrogen) atoms. The molecular formula is C58H34N4O2. The van der Waals surface area contributed by atoms with Crippen LogP contribution in [-0.2, 0) is 5.41 Å². The third-order valence-corrected chi connectivity index (χ3v) is 13.3. The minimum atomic E-state index is -0.950. The lowest BCUT2D eigenvalue weighted by molar-refractivity contribution is 0.665. The Morgan fingerprint density at radius 3 is 1.73 bits per heavy atom. The van der Waals surface area contributed by atoms with Crippen LogP contribution in [0.25, 0.3) is 105 Å². The van der Waals surface area contributed by atoms with E-state index in [1.165, 1.54) is 0 Å². The van der Waals surface area contributed by atoms with Crippen LogP contribution >= 0.6 is 0 Å². The number of benzene rings is 9. The minimum Gasteiger partial charge on any atom is -0.456 e. The molecule has 1 aliphatic rings. The molecule has 0 atom stereocenters. The molecule has 0 saturated heterocycles. The molecule has 0 amide bonds. The number of hydrogen-bond donors (Lipinski definition) is 0. The van der Waals surface area contributed by atoms with Gasteiger partial charge < -0.3 is 8.83 Å². The molecule has 0 spiro atoms. The van der Waals surface area contributed by atoms with Crippen LogP contribution in [0.1, 0.15) is 22.5 Å². The summed E-state index contributed by atoms with van der Waals surface area (Å²) >= 11 is 0. The van der Waals surface area contributed by atoms with E-state index in [1.807, 2.05) is 30.3 Å². The predicted molar refractivity (Wildman–Crippen MR) is 257 cm³/mol. The number of nitrogens with zero attached hydrogens (tertiary/aromatic N) is 4. The van der Waals surface area contributed by atoms with Crippen LogP contribution in [0.5, 0.6) is 0 Å². The van der Waals surface area contributed by atoms with Crippen molar-refractivity contribution in [2.45, 2.75) is 5.41 Å². The molecule has 14 rings (SSSR count). The molecule has 0 fully saturated rings. The molecule has 0 aliphatic heterocycles. The van der Waals surface area contributed by atoms with Gasteiger partial charge in [-0.05, 0) is 93.5 Å². The Balaban J connectivity index is 1.11. The molecule has 6 heteroatoms. The van der Waals surface area contributed by atoms with Gasteiger partial charge in [0.25, 0.3) is 0 Å². The van der Waals surface area contributed by atoms with E-state index in [9.17, 15) is 0 Å². The van der Waals surface area contributed by atoms with E-state index in [1.54, 1.807) is 0 Å². The van der Waals surface area contributed by atoms with E-state index >= 15 is 0 Å². The zero-order valence-corrected chi connectivity index (χ0v) is 34.2. The van der Waals surface area contributed by atoms with Crippen molar-refractivity contribution in [3.63, 3.8) is 0 Å². The molecular weight excluding hydrogens is 785 g/mol. The van der Waals surface area contributed by atoms with Gasteiger partial charge in [-0.25, -0.2) is 4.98 Å². The van der Waals surface area contributed by atoms with Crippen molar-refractivity contribution in [2.75, 3.05) is 0 Å². The van der Waals surface area contributed by atoms with Gasteiger partial charge in [0.1, 0.15) is 27.7 Å². The Kier molecular flexibility index (Phi) is 7.22. The third kappa shape index (κ3) is 4.87. The first-order valence-corrected chi connectivity index (χ1v) is 21.6. The van der Waals surface area contributed by atoms with E-state index in [0.29, 0.717) is 17.6 Å². The number of rotatable bonds is 5. The average molecular weight is 819 g/mol. The molecule has 6 nitrogen and oxygen atoms in total. The summed E-state index contributed by atoms with van der Waals surface area (Å²) in [5.74, 6) is 1.69. The SMILES string of the molecule is c1ccc(-c2ccc3c(c2)c2ccccc2n3-c2nc(-c3ccc4c(c3)oc3ccccc34)nc(C3(c4ccc5oc6ccccc6c5c4)c4ccccc4-c4ccccc43)n2)cc1. The van der Waals surface area contributed by atoms with Crippen LogP contribution in [-0.4, -0.2) is 19.5 Å². The highest BCUT2D eigenvalue weighted by Gasteiger charge is 2.49. The van der Waals surface area contributed by atoms with Gasteiger partial charge in [-0.1, -0.05) is 152 Å². The highest BCUT2D eigenvalue weighted by molar-refractivity contribution is 6.11. The molecule has 1 aliphatic carbocycles. The Labute approximate surface area is 366 Å². The second kappa shape index (κ2) is 13.2. The van der Waals surface area contributed by atoms with Crippen molar-refractivity contribution in [3.8, 4) is 39.6 Å². The summed E-state index contributed by atoms with van der Waals surface area (Å²) in [5.41, 5.74) is 13.0. The van der Waals surface area contributed by atoms with Gasteiger partial charge in [0.2, 0.25) is 5.95 Å². The second-order valence-electron chi connectivity index (χ2n) is 16.7. The van der Waals surface area contributed by atoms with Crippen molar-refractivity contribution >= 4 is 65.7 Å². The molecule has 4 heterocycles. The number of fused-ring (bicyclic) bond motifs is 12. The Hall–Kier alpha value is -8.61. The monoisotopic (exact) mass is 818 g/mol. The van der Waals surface area contributed by atoms with Gasteiger partial charge in [0, 0.05) is 37.9 Å². The molecule has 298 valence electrons. The number of para-hydroxylation sites is 3. The quantitative estimate of drug-likeness (QED) is 0.173. The lowest BCUT2D eigenvalue weighted by Gasteiger charge is -2.32. The summed E-state index contributed by atoms with van der Waals surface area (Å²) in [4.78, 5) is 16.8. The Morgan fingerprint density at radius 2 is 0.953 bits per heavy atom. The van der Waals surface area contributed by atoms with Gasteiger partial charge >= 0.3 is 0 Å². The van der Waals surface area contributed by atoms with Crippen LogP contribution in [0.2, 0.25) is 0 Å². The maximum absolute atomic E-state index is 6.48. The molecule has 4 aromatic heterocycles. The van der Waals surface area contributed by atoms with Crippen molar-refractivity contribution in [3.05, 3.63) is 229 Å². The molecule has 0 saturated carbocycles. The highest BCUT2D eigenvalue weighted by Crippen LogP contribution is 2.56. The van der Waals surface area contributed by atoms with Crippen LogP contribution < -0.4 is 0 Å². The van der Waals surface area contributed by atoms with Gasteiger partial charge in [-0.15, -0.1) is 0 Å². The number of furan rings is 2. The first-order valence-electron chi connectivity index (χ1n) is 21.6. The zero-order valence-electron chi connectivity index (χ0n) is 34.2. The Morgan fingerprint density at radius 1 is 0.359 bits per heavy atom. The predicted octanol–water partition coefficient (Wildman–Crippen LogP) is 14.5. The number of aromatic nitrogens is 4. The van der Waals surface area contributed by atoms with Crippen molar-refractivity contribution in [1.82, 2.24) is 19.5 Å². The van der Waals surface area contributed by atoms with Crippen molar-refractivity contribution in [2.24, 2.45) is 0 Å². The highest BCUT2D eigenvalue weighted by atomic mass is 16.3. The summed E-state index contributed by atoms with van der Waals surface area (Å²) in [6.07, 6.45) is 0. The summed E-state index contributed by atoms with van der Waals surface area (Å²) < 4.78 is 15.1. The largest absolute Gasteiger partial charge is 0.456 e. The van der Waals surface area contributed by atoms with Crippen LogP contribution in [0, 0.1) is 0 Å². The van der Waals surface area contributed by atoms with E-state index in [2.05, 4.69) is 180 Å². The van der Waals surface area contributed by atoms with Gasteiger partial charge in [0.15, 0.2) is 11.6 Å². The molecule has 0 N–H and O–H groups in total. The fourth-order valence-corrected chi connectivity index (χ4v) is 10.5. The maximum Gasteiger partial charge on any atom is 0.238 e. The third-order valence-electron chi connectivity index (χ3n) is 13.3. The average Bonchev–Trinajstić information content (AvgIpc) is 4.10. The number of hydrogen-bond acceptors (Lipinski definition) is 5. The first kappa shape index (κ1) is 35.0. The van der Waals surface area contributed by atoms with E-state index in [0.717, 1.165) is 110 Å². The summed E-state index contributed by atoms with van der Waals surface area (Å²) in [6.45, 7) is 0. The summed E-state index contributed by atoms with van der Waals surface area (Å²) in [6, 6.07) is 72.5. The van der Waals surface area contributed by atoms with Gasteiger partial charge in [-0.2, -0.15) is 9.97 Å². The fraction of sp³-hybridized carbons (Fsp3) is 0.0172. The van der Waals surface area contributed by atoms with E-state index < -0.39 is 5.41 Å². The lowest BCUT2D eigenvalue weighted by atomic mass is 9.71. The molecule has 0 radical (unpaired) electrons. The van der Waals surface area contributed by atoms with Crippen LogP contribution in [0.3, 0.4) is 0 Å². The zero-order chi connectivity index (χ0) is 41.9. The maximum atomic E-state index is 6.48. The summed E-state index contributed by atoms with van der Waals surface area (Å²) in [5, 5.41) is 6.45. The lowest BCUT2D eigenvalue weighted by Crippen LogP contribution is -2.32. The fourth-order valence-electron chi connectivity index (χ4n) is 10.5. The first-order chi connectivity index (χ1) is 31.7. The van der Waals surface area contributed by atoms with Crippen molar-refractivity contribution < 1.29 is 8.83 Å². The van der Waals surface area contributed by atoms with Gasteiger partial charge in [-0.3, -0.25) is 4.57 Å². The minimum absolute atomic E-state index is 0.527. The molecule has 9 aromatic carbocycles. The van der Waals surface area contributed by atoms with E-state index in [4.69, 9.17) is 23.8 Å². The topological polar surface area (TPSA) is 69.9 Å². The standard InChI is InChI=1S/C58H34N4O2/c1-2-14-35(15-3-1)36-27-30-50-45(32-36)41-18-6-11-23-49(41)62(50)57-60-55(37-26-29-44-42-19-7-12-24-51(42)64-54(44)33-37)59-56(61-57)58(47-21-9-4-16-39(47)40-17-5-10-22-48(40)58)38-28-31-53-46(34-38)43-20-8-13-25-52(43)63-53/h1-34H. The molecule has 0 unspecified atom stereocenters. The molecule has 0 bridgehead atoms. The van der Waals surface area contributed by atoms with Crippen molar-refractivity contribution in [1.29, 1.82) is 0 Å². The summed E-state index contributed by atoms with van der Waals surface area (Å²) in [7, 11) is 0.